The minimum Gasteiger partial charge on any atom is -0.350 e. The van der Waals surface area contributed by atoms with Crippen LogP contribution in [0.15, 0.2) is 16.8 Å². The Hall–Kier alpha value is -1.77. The monoisotopic (exact) mass is 396 g/mol. The molecule has 0 spiro atoms. The number of carbonyl (C=O) groups excluding carboxylic acids is 3. The SMILES string of the molecule is CC.CN[C@H]1CCC2CC[C@@H](C(=O)NCc3ccsc3)N2C1=O.NCC=O. The first kappa shape index (κ1) is 23.3. The van der Waals surface area contributed by atoms with Crippen LogP contribution in [0.5, 0.6) is 0 Å². The molecular formula is C19H32N4O3S. The van der Waals surface area contributed by atoms with E-state index in [-0.39, 0.29) is 36.5 Å². The molecule has 2 saturated heterocycles. The highest BCUT2D eigenvalue weighted by molar-refractivity contribution is 7.07. The Kier molecular flexibility index (Phi) is 10.8. The minimum absolute atomic E-state index is 0.0196. The van der Waals surface area contributed by atoms with Crippen LogP contribution in [0.4, 0.5) is 0 Å². The molecule has 152 valence electrons. The molecule has 0 saturated carbocycles. The standard InChI is InChI=1S/C15H21N3O2S.C2H5NO.C2H6/c1-16-12-4-2-11-3-5-13(18(11)15(12)20)14(19)17-8-10-6-7-21-9-10;3-1-2-4;1-2/h6-7,9,11-13,16H,2-5,8H2,1H3,(H,17,19);2H,1,3H2;1-2H3/t11?,12-,13-;;/m0../s1. The third-order valence-electron chi connectivity index (χ3n) is 4.64. The summed E-state index contributed by atoms with van der Waals surface area (Å²) in [4.78, 5) is 35.8. The normalized spacial score (nSPS) is 23.3. The summed E-state index contributed by atoms with van der Waals surface area (Å²) in [5.74, 6) is 0.0655. The first-order valence-electron chi connectivity index (χ1n) is 9.54. The molecule has 0 aliphatic carbocycles. The van der Waals surface area contributed by atoms with Crippen molar-refractivity contribution in [3.63, 3.8) is 0 Å². The largest absolute Gasteiger partial charge is 0.350 e. The summed E-state index contributed by atoms with van der Waals surface area (Å²) in [7, 11) is 1.81. The van der Waals surface area contributed by atoms with E-state index in [1.54, 1.807) is 11.3 Å². The predicted molar refractivity (Wildman–Crippen MR) is 108 cm³/mol. The average Bonchev–Trinajstić information content (AvgIpc) is 3.38. The van der Waals surface area contributed by atoms with E-state index in [1.807, 2.05) is 42.6 Å². The first-order chi connectivity index (χ1) is 13.1. The molecule has 7 nitrogen and oxygen atoms in total. The van der Waals surface area contributed by atoms with Gasteiger partial charge in [0.2, 0.25) is 11.8 Å². The van der Waals surface area contributed by atoms with Crippen molar-refractivity contribution in [1.29, 1.82) is 0 Å². The molecule has 2 amide bonds. The molecule has 4 N–H and O–H groups in total. The number of piperidine rings is 1. The van der Waals surface area contributed by atoms with E-state index in [9.17, 15) is 9.59 Å². The molecule has 3 atom stereocenters. The molecule has 8 heteroatoms. The van der Waals surface area contributed by atoms with Crippen LogP contribution >= 0.6 is 11.3 Å². The molecule has 2 fully saturated rings. The van der Waals surface area contributed by atoms with Gasteiger partial charge >= 0.3 is 0 Å². The highest BCUT2D eigenvalue weighted by Crippen LogP contribution is 2.32. The predicted octanol–water partition coefficient (Wildman–Crippen LogP) is 1.28. The summed E-state index contributed by atoms with van der Waals surface area (Å²) in [5, 5.41) is 10.1. The lowest BCUT2D eigenvalue weighted by Crippen LogP contribution is -2.57. The van der Waals surface area contributed by atoms with Crippen molar-refractivity contribution in [2.45, 2.75) is 64.2 Å². The Morgan fingerprint density at radius 2 is 2.00 bits per heavy atom. The van der Waals surface area contributed by atoms with Gasteiger partial charge in [-0.05, 0) is 55.1 Å². The molecule has 2 aliphatic rings. The number of carbonyl (C=O) groups is 3. The Bertz CT molecular complexity index is 580. The second-order valence-corrected chi connectivity index (χ2v) is 6.94. The summed E-state index contributed by atoms with van der Waals surface area (Å²) in [6.45, 7) is 4.68. The van der Waals surface area contributed by atoms with Crippen LogP contribution < -0.4 is 16.4 Å². The number of amides is 2. The number of nitrogens with two attached hydrogens (primary N) is 1. The van der Waals surface area contributed by atoms with Crippen molar-refractivity contribution < 1.29 is 14.4 Å². The van der Waals surface area contributed by atoms with Crippen LogP contribution in [0, 0.1) is 0 Å². The topological polar surface area (TPSA) is 105 Å². The maximum Gasteiger partial charge on any atom is 0.243 e. The number of nitrogens with one attached hydrogen (secondary N) is 2. The summed E-state index contributed by atoms with van der Waals surface area (Å²) in [6, 6.07) is 1.83. The number of rotatable bonds is 5. The van der Waals surface area contributed by atoms with Crippen molar-refractivity contribution in [2.24, 2.45) is 5.73 Å². The van der Waals surface area contributed by atoms with E-state index in [2.05, 4.69) is 16.4 Å². The smallest absolute Gasteiger partial charge is 0.243 e. The first-order valence-corrected chi connectivity index (χ1v) is 10.5. The molecule has 3 rings (SSSR count). The van der Waals surface area contributed by atoms with Gasteiger partial charge < -0.3 is 26.1 Å². The molecule has 27 heavy (non-hydrogen) atoms. The number of aldehydes is 1. The van der Waals surface area contributed by atoms with E-state index >= 15 is 0 Å². The number of hydrogen-bond donors (Lipinski definition) is 3. The molecule has 0 aromatic carbocycles. The average molecular weight is 397 g/mol. The van der Waals surface area contributed by atoms with Crippen molar-refractivity contribution >= 4 is 29.4 Å². The second kappa shape index (κ2) is 12.6. The highest BCUT2D eigenvalue weighted by atomic mass is 32.1. The fraction of sp³-hybridized carbons (Fsp3) is 0.632. The molecule has 1 aromatic heterocycles. The summed E-state index contributed by atoms with van der Waals surface area (Å²) < 4.78 is 0. The molecule has 0 radical (unpaired) electrons. The number of thiophene rings is 1. The molecule has 0 bridgehead atoms. The van der Waals surface area contributed by atoms with E-state index in [0.29, 0.717) is 12.8 Å². The van der Waals surface area contributed by atoms with Crippen LogP contribution in [-0.2, 0) is 20.9 Å². The van der Waals surface area contributed by atoms with Crippen LogP contribution in [0.1, 0.15) is 45.1 Å². The lowest BCUT2D eigenvalue weighted by atomic mass is 9.98. The molecular weight excluding hydrogens is 364 g/mol. The molecule has 3 heterocycles. The Morgan fingerprint density at radius 3 is 2.56 bits per heavy atom. The Balaban J connectivity index is 0.000000541. The second-order valence-electron chi connectivity index (χ2n) is 6.16. The number of nitrogens with zero attached hydrogens (tertiary/aromatic N) is 1. The van der Waals surface area contributed by atoms with Crippen molar-refractivity contribution in [3.8, 4) is 0 Å². The lowest BCUT2D eigenvalue weighted by Gasteiger charge is -2.37. The van der Waals surface area contributed by atoms with E-state index in [4.69, 9.17) is 4.79 Å². The molecule has 2 aliphatic heterocycles. The molecule has 1 aromatic rings. The Morgan fingerprint density at radius 1 is 1.33 bits per heavy atom. The summed E-state index contributed by atoms with van der Waals surface area (Å²) >= 11 is 1.62. The van der Waals surface area contributed by atoms with Gasteiger partial charge in [0.15, 0.2) is 0 Å². The van der Waals surface area contributed by atoms with Gasteiger partial charge in [-0.25, -0.2) is 0 Å². The van der Waals surface area contributed by atoms with E-state index in [0.717, 1.165) is 31.2 Å². The Labute approximate surface area is 165 Å². The van der Waals surface area contributed by atoms with Gasteiger partial charge in [-0.3, -0.25) is 9.59 Å². The highest BCUT2D eigenvalue weighted by Gasteiger charge is 2.45. The third kappa shape index (κ3) is 6.41. The van der Waals surface area contributed by atoms with Gasteiger partial charge in [0.25, 0.3) is 0 Å². The number of fused-ring (bicyclic) bond motifs is 1. The van der Waals surface area contributed by atoms with Crippen LogP contribution in [0.2, 0.25) is 0 Å². The zero-order valence-corrected chi connectivity index (χ0v) is 17.3. The van der Waals surface area contributed by atoms with Gasteiger partial charge in [-0.15, -0.1) is 0 Å². The van der Waals surface area contributed by atoms with E-state index < -0.39 is 0 Å². The lowest BCUT2D eigenvalue weighted by molar-refractivity contribution is -0.144. The van der Waals surface area contributed by atoms with E-state index in [1.165, 1.54) is 0 Å². The van der Waals surface area contributed by atoms with Gasteiger partial charge in [-0.1, -0.05) is 13.8 Å². The van der Waals surface area contributed by atoms with Crippen LogP contribution in [0.25, 0.3) is 0 Å². The fourth-order valence-electron chi connectivity index (χ4n) is 3.39. The number of hydrogen-bond acceptors (Lipinski definition) is 6. The maximum atomic E-state index is 12.5. The zero-order valence-electron chi connectivity index (χ0n) is 16.4. The van der Waals surface area contributed by atoms with Crippen LogP contribution in [-0.4, -0.2) is 54.7 Å². The summed E-state index contributed by atoms with van der Waals surface area (Å²) in [5.41, 5.74) is 5.77. The summed E-state index contributed by atoms with van der Waals surface area (Å²) in [6.07, 6.45) is 4.24. The maximum absolute atomic E-state index is 12.5. The number of likely N-dealkylation sites (N-methyl/N-ethyl adjacent to an activating group) is 1. The van der Waals surface area contributed by atoms with Crippen LogP contribution in [0.3, 0.4) is 0 Å². The third-order valence-corrected chi connectivity index (χ3v) is 5.37. The van der Waals surface area contributed by atoms with Gasteiger partial charge in [0.1, 0.15) is 12.3 Å². The van der Waals surface area contributed by atoms with Gasteiger partial charge in [0, 0.05) is 19.1 Å². The van der Waals surface area contributed by atoms with Crippen molar-refractivity contribution in [1.82, 2.24) is 15.5 Å². The zero-order chi connectivity index (χ0) is 20.2. The quantitative estimate of drug-likeness (QED) is 0.650. The van der Waals surface area contributed by atoms with Crippen molar-refractivity contribution in [3.05, 3.63) is 22.4 Å². The van der Waals surface area contributed by atoms with Gasteiger partial charge in [0.05, 0.1) is 6.04 Å². The van der Waals surface area contributed by atoms with Gasteiger partial charge in [-0.2, -0.15) is 11.3 Å². The van der Waals surface area contributed by atoms with Crippen molar-refractivity contribution in [2.75, 3.05) is 13.6 Å². The molecule has 1 unspecified atom stereocenters. The fourth-order valence-corrected chi connectivity index (χ4v) is 4.06. The minimum atomic E-state index is -0.294.